The molecule has 1 rings (SSSR count). The van der Waals surface area contributed by atoms with Crippen LogP contribution in [0.1, 0.15) is 37.5 Å². The topological polar surface area (TPSA) is 20.2 Å². The van der Waals surface area contributed by atoms with Gasteiger partial charge in [-0.05, 0) is 23.5 Å². The van der Waals surface area contributed by atoms with Crippen molar-refractivity contribution in [2.45, 2.75) is 44.9 Å². The monoisotopic (exact) mass is 296 g/mol. The van der Waals surface area contributed by atoms with Gasteiger partial charge in [0.15, 0.2) is 0 Å². The Hall–Kier alpha value is -1.17. The number of aliphatic hydroxyl groups excluding tert-OH is 1. The van der Waals surface area contributed by atoms with Gasteiger partial charge in [0, 0.05) is 0 Å². The fraction of sp³-hybridized carbons (Fsp3) is 0.571. The first kappa shape index (κ1) is 16.9. The zero-order chi connectivity index (χ0) is 15.6. The van der Waals surface area contributed by atoms with E-state index in [2.05, 4.69) is 0 Å². The van der Waals surface area contributed by atoms with Crippen LogP contribution in [0, 0.1) is 5.92 Å². The van der Waals surface area contributed by atoms with Crippen LogP contribution in [-0.4, -0.2) is 17.2 Å². The molecule has 0 saturated carbocycles. The maximum atomic E-state index is 12.9. The molecule has 0 aromatic heterocycles. The van der Waals surface area contributed by atoms with E-state index < -0.39 is 24.6 Å². The number of alkyl halides is 5. The zero-order valence-electron chi connectivity index (χ0n) is 11.2. The summed E-state index contributed by atoms with van der Waals surface area (Å²) in [4.78, 5) is 0. The highest BCUT2D eigenvalue weighted by molar-refractivity contribution is 5.25. The van der Waals surface area contributed by atoms with Crippen LogP contribution in [0.15, 0.2) is 24.3 Å². The lowest BCUT2D eigenvalue weighted by molar-refractivity contribution is -0.290. The van der Waals surface area contributed by atoms with Crippen molar-refractivity contribution in [1.29, 1.82) is 0 Å². The molecular formula is C14H17F5O. The minimum absolute atomic E-state index is 0.0760. The standard InChI is InChI=1S/C14H17F5O/c1-9(2)6-10-4-3-5-11(7-10)12(20)8-13(15,16)14(17,18)19/h3-5,7,9,12,20H,6,8H2,1-2H3. The Balaban J connectivity index is 2.85. The smallest absolute Gasteiger partial charge is 0.388 e. The van der Waals surface area contributed by atoms with Crippen LogP contribution in [-0.2, 0) is 6.42 Å². The molecule has 0 radical (unpaired) electrons. The molecule has 0 aliphatic rings. The van der Waals surface area contributed by atoms with Gasteiger partial charge in [-0.15, -0.1) is 0 Å². The van der Waals surface area contributed by atoms with E-state index in [-0.39, 0.29) is 5.56 Å². The summed E-state index contributed by atoms with van der Waals surface area (Å²) in [5.41, 5.74) is 0.874. The van der Waals surface area contributed by atoms with Crippen molar-refractivity contribution in [3.63, 3.8) is 0 Å². The lowest BCUT2D eigenvalue weighted by Crippen LogP contribution is -2.37. The Morgan fingerprint density at radius 2 is 1.70 bits per heavy atom. The summed E-state index contributed by atoms with van der Waals surface area (Å²) in [7, 11) is 0. The fourth-order valence-corrected chi connectivity index (χ4v) is 1.88. The Morgan fingerprint density at radius 1 is 1.10 bits per heavy atom. The second-order valence-corrected chi connectivity index (χ2v) is 5.27. The summed E-state index contributed by atoms with van der Waals surface area (Å²) in [6.07, 6.45) is -8.50. The number of rotatable bonds is 5. The van der Waals surface area contributed by atoms with E-state index >= 15 is 0 Å². The summed E-state index contributed by atoms with van der Waals surface area (Å²) in [5, 5.41) is 9.60. The largest absolute Gasteiger partial charge is 0.453 e. The Labute approximate surface area is 114 Å². The normalized spacial score (nSPS) is 14.7. The van der Waals surface area contributed by atoms with Crippen molar-refractivity contribution in [1.82, 2.24) is 0 Å². The maximum absolute atomic E-state index is 12.9. The van der Waals surface area contributed by atoms with Gasteiger partial charge >= 0.3 is 12.1 Å². The molecule has 1 unspecified atom stereocenters. The molecular weight excluding hydrogens is 279 g/mol. The lowest BCUT2D eigenvalue weighted by atomic mass is 9.97. The van der Waals surface area contributed by atoms with Crippen LogP contribution in [0.5, 0.6) is 0 Å². The second kappa shape index (κ2) is 6.08. The van der Waals surface area contributed by atoms with Gasteiger partial charge in [0.2, 0.25) is 0 Å². The molecule has 1 aromatic rings. The molecule has 0 aliphatic carbocycles. The van der Waals surface area contributed by atoms with Crippen molar-refractivity contribution < 1.29 is 27.1 Å². The van der Waals surface area contributed by atoms with Gasteiger partial charge in [-0.25, -0.2) is 0 Å². The Morgan fingerprint density at radius 3 is 2.20 bits per heavy atom. The molecule has 20 heavy (non-hydrogen) atoms. The first-order chi connectivity index (χ1) is 9.03. The fourth-order valence-electron chi connectivity index (χ4n) is 1.88. The van der Waals surface area contributed by atoms with Gasteiger partial charge in [0.1, 0.15) is 0 Å². The SMILES string of the molecule is CC(C)Cc1cccc(C(O)CC(F)(F)C(F)(F)F)c1. The number of benzene rings is 1. The highest BCUT2D eigenvalue weighted by Crippen LogP contribution is 2.41. The van der Waals surface area contributed by atoms with Crippen LogP contribution in [0.2, 0.25) is 0 Å². The number of halogens is 5. The Kier molecular flexibility index (Phi) is 5.13. The number of aliphatic hydroxyl groups is 1. The van der Waals surface area contributed by atoms with Gasteiger partial charge in [-0.3, -0.25) is 0 Å². The highest BCUT2D eigenvalue weighted by atomic mass is 19.4. The van der Waals surface area contributed by atoms with Crippen LogP contribution in [0.4, 0.5) is 22.0 Å². The molecule has 0 amide bonds. The first-order valence-electron chi connectivity index (χ1n) is 6.24. The third-order valence-corrected chi connectivity index (χ3v) is 2.84. The minimum Gasteiger partial charge on any atom is -0.388 e. The van der Waals surface area contributed by atoms with E-state index in [1.54, 1.807) is 12.1 Å². The van der Waals surface area contributed by atoms with Crippen molar-refractivity contribution in [3.05, 3.63) is 35.4 Å². The molecule has 1 atom stereocenters. The summed E-state index contributed by atoms with van der Waals surface area (Å²) in [6, 6.07) is 6.11. The van der Waals surface area contributed by atoms with Gasteiger partial charge in [0.25, 0.3) is 0 Å². The van der Waals surface area contributed by atoms with Crippen LogP contribution in [0.3, 0.4) is 0 Å². The molecule has 1 N–H and O–H groups in total. The molecule has 114 valence electrons. The average Bonchev–Trinajstić information content (AvgIpc) is 2.26. The van der Waals surface area contributed by atoms with Gasteiger partial charge in [-0.1, -0.05) is 38.1 Å². The van der Waals surface area contributed by atoms with E-state index in [1.807, 2.05) is 13.8 Å². The minimum atomic E-state index is -5.65. The van der Waals surface area contributed by atoms with Crippen molar-refractivity contribution in [2.24, 2.45) is 5.92 Å². The number of hydrogen-bond acceptors (Lipinski definition) is 1. The lowest BCUT2D eigenvalue weighted by Gasteiger charge is -2.22. The van der Waals surface area contributed by atoms with E-state index in [0.717, 1.165) is 5.56 Å². The van der Waals surface area contributed by atoms with Crippen molar-refractivity contribution in [2.75, 3.05) is 0 Å². The quantitative estimate of drug-likeness (QED) is 0.793. The van der Waals surface area contributed by atoms with Crippen molar-refractivity contribution in [3.8, 4) is 0 Å². The van der Waals surface area contributed by atoms with Gasteiger partial charge in [-0.2, -0.15) is 22.0 Å². The predicted molar refractivity (Wildman–Crippen MR) is 65.6 cm³/mol. The van der Waals surface area contributed by atoms with E-state index in [4.69, 9.17) is 0 Å². The van der Waals surface area contributed by atoms with Crippen LogP contribution >= 0.6 is 0 Å². The Bertz CT molecular complexity index is 439. The summed E-state index contributed by atoms with van der Waals surface area (Å²) >= 11 is 0. The second-order valence-electron chi connectivity index (χ2n) is 5.27. The molecule has 0 aliphatic heterocycles. The predicted octanol–water partition coefficient (Wildman–Crippen LogP) is 4.51. The molecule has 6 heteroatoms. The molecule has 0 fully saturated rings. The molecule has 1 aromatic carbocycles. The summed E-state index contributed by atoms with van der Waals surface area (Å²) < 4.78 is 62.1. The average molecular weight is 296 g/mol. The van der Waals surface area contributed by atoms with Crippen molar-refractivity contribution >= 4 is 0 Å². The van der Waals surface area contributed by atoms with Gasteiger partial charge in [0.05, 0.1) is 12.5 Å². The molecule has 0 saturated heterocycles. The first-order valence-corrected chi connectivity index (χ1v) is 6.24. The van der Waals surface area contributed by atoms with E-state index in [9.17, 15) is 27.1 Å². The third-order valence-electron chi connectivity index (χ3n) is 2.84. The summed E-state index contributed by atoms with van der Waals surface area (Å²) in [5.74, 6) is -4.58. The molecule has 0 bridgehead atoms. The van der Waals surface area contributed by atoms with E-state index in [1.165, 1.54) is 12.1 Å². The zero-order valence-corrected chi connectivity index (χ0v) is 11.2. The summed E-state index contributed by atoms with van der Waals surface area (Å²) in [6.45, 7) is 3.92. The highest BCUT2D eigenvalue weighted by Gasteiger charge is 2.58. The molecule has 0 spiro atoms. The molecule has 0 heterocycles. The van der Waals surface area contributed by atoms with E-state index in [0.29, 0.717) is 12.3 Å². The third kappa shape index (κ3) is 4.44. The van der Waals surface area contributed by atoms with Gasteiger partial charge < -0.3 is 5.11 Å². The van der Waals surface area contributed by atoms with Crippen LogP contribution < -0.4 is 0 Å². The number of hydrogen-bond donors (Lipinski definition) is 1. The van der Waals surface area contributed by atoms with Crippen LogP contribution in [0.25, 0.3) is 0 Å². The molecule has 1 nitrogen and oxygen atoms in total. The maximum Gasteiger partial charge on any atom is 0.453 e.